The second kappa shape index (κ2) is 9.77. The van der Waals surface area contributed by atoms with E-state index in [0.29, 0.717) is 22.6 Å². The molecule has 0 aromatic heterocycles. The molecule has 0 aliphatic heterocycles. The van der Waals surface area contributed by atoms with Crippen molar-refractivity contribution in [1.29, 1.82) is 0 Å². The number of hydrogen-bond acceptors (Lipinski definition) is 8. The average molecular weight is 360 g/mol. The maximum Gasteiger partial charge on any atom is 0.153 e. The monoisotopic (exact) mass is 360 g/mol. The largest absolute Gasteiger partial charge is 0.507 e. The van der Waals surface area contributed by atoms with Gasteiger partial charge in [-0.2, -0.15) is 0 Å². The summed E-state index contributed by atoms with van der Waals surface area (Å²) in [7, 11) is 3.07. The summed E-state index contributed by atoms with van der Waals surface area (Å²) in [6, 6.07) is 9.55. The third-order valence-corrected chi connectivity index (χ3v) is 3.27. The van der Waals surface area contributed by atoms with Crippen LogP contribution < -0.4 is 9.47 Å². The van der Waals surface area contributed by atoms with Crippen LogP contribution in [-0.2, 0) is 9.68 Å². The molecular weight excluding hydrogens is 340 g/mol. The first-order valence-electron chi connectivity index (χ1n) is 7.68. The topological polar surface area (TPSA) is 102 Å². The van der Waals surface area contributed by atoms with E-state index in [1.165, 1.54) is 38.8 Å². The van der Waals surface area contributed by atoms with Gasteiger partial charge in [-0.25, -0.2) is 0 Å². The Hall–Kier alpha value is -3.42. The molecule has 0 amide bonds. The number of ether oxygens (including phenoxy) is 2. The Morgan fingerprint density at radius 2 is 1.19 bits per heavy atom. The van der Waals surface area contributed by atoms with Crippen LogP contribution >= 0.6 is 0 Å². The molecule has 0 heterocycles. The van der Waals surface area contributed by atoms with Gasteiger partial charge in [0.15, 0.2) is 13.2 Å². The third kappa shape index (κ3) is 5.59. The van der Waals surface area contributed by atoms with Gasteiger partial charge in [-0.15, -0.1) is 0 Å². The van der Waals surface area contributed by atoms with Crippen LogP contribution in [0.15, 0.2) is 46.7 Å². The van der Waals surface area contributed by atoms with E-state index < -0.39 is 0 Å². The van der Waals surface area contributed by atoms with Gasteiger partial charge in [-0.05, 0) is 36.4 Å². The number of hydrogen-bond donors (Lipinski definition) is 2. The van der Waals surface area contributed by atoms with Crippen molar-refractivity contribution in [1.82, 2.24) is 0 Å². The number of aromatic hydroxyl groups is 2. The van der Waals surface area contributed by atoms with E-state index in [2.05, 4.69) is 10.3 Å². The predicted octanol–water partition coefficient (Wildman–Crippen LogP) is 2.52. The van der Waals surface area contributed by atoms with Gasteiger partial charge in [0.2, 0.25) is 0 Å². The van der Waals surface area contributed by atoms with E-state index in [9.17, 15) is 10.2 Å². The zero-order valence-electron chi connectivity index (χ0n) is 14.5. The maximum absolute atomic E-state index is 9.70. The molecule has 2 rings (SSSR count). The number of oxime groups is 2. The molecule has 8 nitrogen and oxygen atoms in total. The van der Waals surface area contributed by atoms with Crippen LogP contribution in [-0.4, -0.2) is 50.1 Å². The molecule has 0 atom stereocenters. The summed E-state index contributed by atoms with van der Waals surface area (Å²) in [5, 5.41) is 26.9. The van der Waals surface area contributed by atoms with Crippen LogP contribution in [0.3, 0.4) is 0 Å². The highest BCUT2D eigenvalue weighted by molar-refractivity contribution is 5.84. The lowest BCUT2D eigenvalue weighted by atomic mass is 10.2. The van der Waals surface area contributed by atoms with E-state index in [1.807, 2.05) is 0 Å². The van der Waals surface area contributed by atoms with Gasteiger partial charge in [0.1, 0.15) is 23.0 Å². The molecule has 2 N–H and O–H groups in total. The van der Waals surface area contributed by atoms with Crippen molar-refractivity contribution in [3.8, 4) is 23.0 Å². The fourth-order valence-electron chi connectivity index (χ4n) is 1.89. The number of phenols is 2. The van der Waals surface area contributed by atoms with Crippen LogP contribution in [0, 0.1) is 0 Å². The molecule has 8 heteroatoms. The number of rotatable bonds is 9. The summed E-state index contributed by atoms with van der Waals surface area (Å²) in [5.41, 5.74) is 0.938. The minimum atomic E-state index is 0.0668. The highest BCUT2D eigenvalue weighted by Crippen LogP contribution is 2.22. The Bertz CT molecular complexity index is 711. The fourth-order valence-corrected chi connectivity index (χ4v) is 1.89. The molecule has 0 aliphatic rings. The molecule has 0 fully saturated rings. The summed E-state index contributed by atoms with van der Waals surface area (Å²) in [6.45, 7) is 0.311. The summed E-state index contributed by atoms with van der Waals surface area (Å²) in [4.78, 5) is 10.1. The van der Waals surface area contributed by atoms with Crippen molar-refractivity contribution in [2.24, 2.45) is 10.3 Å². The number of methoxy groups -OCH3 is 2. The van der Waals surface area contributed by atoms with Gasteiger partial charge < -0.3 is 29.4 Å². The van der Waals surface area contributed by atoms with Crippen molar-refractivity contribution >= 4 is 12.4 Å². The Morgan fingerprint density at radius 3 is 1.58 bits per heavy atom. The molecular formula is C18H20N2O6. The number of benzene rings is 2. The van der Waals surface area contributed by atoms with E-state index >= 15 is 0 Å². The van der Waals surface area contributed by atoms with E-state index in [4.69, 9.17) is 19.1 Å². The normalized spacial score (nSPS) is 11.0. The Morgan fingerprint density at radius 1 is 0.769 bits per heavy atom. The molecule has 0 aliphatic carbocycles. The summed E-state index contributed by atoms with van der Waals surface area (Å²) < 4.78 is 10.1. The molecule has 2 aromatic carbocycles. The van der Waals surface area contributed by atoms with E-state index in [0.717, 1.165) is 0 Å². The highest BCUT2D eigenvalue weighted by atomic mass is 16.7. The fraction of sp³-hybridized carbons (Fsp3) is 0.222. The highest BCUT2D eigenvalue weighted by Gasteiger charge is 2.01. The van der Waals surface area contributed by atoms with Crippen molar-refractivity contribution < 1.29 is 29.4 Å². The van der Waals surface area contributed by atoms with Crippen LogP contribution in [0.25, 0.3) is 0 Å². The van der Waals surface area contributed by atoms with Crippen molar-refractivity contribution in [2.75, 3.05) is 27.4 Å². The molecule has 0 saturated heterocycles. The summed E-state index contributed by atoms with van der Waals surface area (Å²) in [5.74, 6) is 1.33. The van der Waals surface area contributed by atoms with Crippen LogP contribution in [0.5, 0.6) is 23.0 Å². The van der Waals surface area contributed by atoms with Gasteiger partial charge in [-0.1, -0.05) is 10.3 Å². The molecule has 0 saturated carbocycles. The van der Waals surface area contributed by atoms with Crippen molar-refractivity contribution in [2.45, 2.75) is 0 Å². The minimum Gasteiger partial charge on any atom is -0.507 e. The van der Waals surface area contributed by atoms with Gasteiger partial charge in [0.25, 0.3) is 0 Å². The Kier molecular flexibility index (Phi) is 7.11. The SMILES string of the molecule is COc1ccc(O)c(/C=N/OCCO/N=C/c2cc(OC)ccc2O)c1. The van der Waals surface area contributed by atoms with E-state index in [1.54, 1.807) is 24.3 Å². The smallest absolute Gasteiger partial charge is 0.153 e. The van der Waals surface area contributed by atoms with Crippen LogP contribution in [0.1, 0.15) is 11.1 Å². The third-order valence-electron chi connectivity index (χ3n) is 3.27. The Labute approximate surface area is 150 Å². The van der Waals surface area contributed by atoms with Crippen molar-refractivity contribution in [3.05, 3.63) is 47.5 Å². The van der Waals surface area contributed by atoms with Gasteiger partial charge in [0, 0.05) is 11.1 Å². The first kappa shape index (κ1) is 18.9. The lowest BCUT2D eigenvalue weighted by Gasteiger charge is -2.03. The van der Waals surface area contributed by atoms with Crippen molar-refractivity contribution in [3.63, 3.8) is 0 Å². The average Bonchev–Trinajstić information content (AvgIpc) is 2.66. The zero-order valence-corrected chi connectivity index (χ0v) is 14.5. The summed E-state index contributed by atoms with van der Waals surface area (Å²) in [6.07, 6.45) is 2.74. The quantitative estimate of drug-likeness (QED) is 0.405. The zero-order chi connectivity index (χ0) is 18.8. The minimum absolute atomic E-state index is 0.0668. The second-order valence-corrected chi connectivity index (χ2v) is 4.98. The molecule has 0 unspecified atom stereocenters. The van der Waals surface area contributed by atoms with Gasteiger partial charge >= 0.3 is 0 Å². The maximum atomic E-state index is 9.70. The van der Waals surface area contributed by atoms with E-state index in [-0.39, 0.29) is 24.7 Å². The molecule has 138 valence electrons. The lowest BCUT2D eigenvalue weighted by molar-refractivity contribution is 0.0553. The standard InChI is InChI=1S/C18H20N2O6/c1-23-15-3-5-17(21)13(9-15)11-19-25-7-8-26-20-12-14-10-16(24-2)4-6-18(14)22/h3-6,9-12,21-22H,7-8H2,1-2H3/b19-11+,20-12+. The first-order valence-corrected chi connectivity index (χ1v) is 7.68. The Balaban J connectivity index is 1.74. The molecule has 0 bridgehead atoms. The molecule has 26 heavy (non-hydrogen) atoms. The predicted molar refractivity (Wildman–Crippen MR) is 96.4 cm³/mol. The molecule has 0 spiro atoms. The summed E-state index contributed by atoms with van der Waals surface area (Å²) >= 11 is 0. The number of nitrogens with zero attached hydrogens (tertiary/aromatic N) is 2. The van der Waals surface area contributed by atoms with Crippen LogP contribution in [0.2, 0.25) is 0 Å². The van der Waals surface area contributed by atoms with Gasteiger partial charge in [0.05, 0.1) is 26.6 Å². The van der Waals surface area contributed by atoms with Gasteiger partial charge in [-0.3, -0.25) is 0 Å². The first-order chi connectivity index (χ1) is 12.6. The molecule has 2 aromatic rings. The molecule has 0 radical (unpaired) electrons. The second-order valence-electron chi connectivity index (χ2n) is 4.98. The number of phenolic OH excluding ortho intramolecular Hbond substituents is 2. The van der Waals surface area contributed by atoms with Crippen LogP contribution in [0.4, 0.5) is 0 Å². The lowest BCUT2D eigenvalue weighted by Crippen LogP contribution is -1.98.